The lowest BCUT2D eigenvalue weighted by Gasteiger charge is -2.28. The summed E-state index contributed by atoms with van der Waals surface area (Å²) in [6, 6.07) is 11.5. The third kappa shape index (κ3) is 16.7. The van der Waals surface area contributed by atoms with Gasteiger partial charge in [0.25, 0.3) is 0 Å². The van der Waals surface area contributed by atoms with Crippen LogP contribution in [0.25, 0.3) is 10.9 Å². The fraction of sp³-hybridized carbons (Fsp3) is 0.429. The van der Waals surface area contributed by atoms with E-state index in [-0.39, 0.29) is 55.9 Å². The number of unbranched alkanes of at least 4 members (excludes halogenated alkanes) is 1. The third-order valence-corrected chi connectivity index (χ3v) is 14.3. The van der Waals surface area contributed by atoms with Crippen molar-refractivity contribution in [2.24, 2.45) is 17.2 Å². The fourth-order valence-corrected chi connectivity index (χ4v) is 10.1. The summed E-state index contributed by atoms with van der Waals surface area (Å²) < 4.78 is 0. The highest BCUT2D eigenvalue weighted by Gasteiger charge is 2.35. The number of fused-ring (bicyclic) bond motifs is 1. The highest BCUT2D eigenvalue weighted by Crippen LogP contribution is 2.24. The molecule has 16 N–H and O–H groups in total. The molecule has 1 aliphatic heterocycles. The van der Waals surface area contributed by atoms with E-state index in [1.165, 1.54) is 19.1 Å². The van der Waals surface area contributed by atoms with Gasteiger partial charge in [0.1, 0.15) is 48.0 Å². The standard InChI is InChI=1S/C49H65N11O10S2/c1-3-34-44(65)59-40(49(70)60-41(27(2)61)42(52)63)26-72-71-25-39(58-43(64)33(51)21-28-11-5-4-6-12-28)48(69)56-37(22-29-16-18-31(62)19-17-29)46(67)57-38(23-30-24-53-35-14-8-7-13-32(30)35)47(68)55-36(45(66)54-34)15-9-10-20-50/h4-8,11-14,16-19,24,27,33-34,36-41,53,61-62H,3,9-10,15,20-23,25-26,50-51H2,1-2H3,(H2,52,63)(H,54,66)(H,55,68)(H,56,69)(H,57,67)(H,58,64)(H,59,65)(H,60,70)/t27-,33-,34+,36+,37+,38-,39-,40+,41+/m1/s1. The van der Waals surface area contributed by atoms with Crippen LogP contribution in [0.5, 0.6) is 5.75 Å². The molecule has 0 saturated carbocycles. The van der Waals surface area contributed by atoms with Crippen molar-refractivity contribution < 1.29 is 48.6 Å². The molecule has 9 atom stereocenters. The Morgan fingerprint density at radius 2 is 1.33 bits per heavy atom. The molecular formula is C49H65N11O10S2. The van der Waals surface area contributed by atoms with Gasteiger partial charge in [0.05, 0.1) is 12.1 Å². The molecule has 388 valence electrons. The van der Waals surface area contributed by atoms with Crippen LogP contribution in [0.1, 0.15) is 56.2 Å². The number of carbonyl (C=O) groups is 8. The van der Waals surface area contributed by atoms with Crippen molar-refractivity contribution in [2.45, 2.75) is 113 Å². The number of aromatic nitrogens is 1. The summed E-state index contributed by atoms with van der Waals surface area (Å²) >= 11 is 0. The Bertz CT molecular complexity index is 2500. The Hall–Kier alpha value is -6.66. The maximum Gasteiger partial charge on any atom is 0.244 e. The molecule has 3 aromatic carbocycles. The van der Waals surface area contributed by atoms with Gasteiger partial charge in [-0.15, -0.1) is 0 Å². The number of hydrogen-bond acceptors (Lipinski definition) is 14. The number of aromatic hydroxyl groups is 1. The van der Waals surface area contributed by atoms with E-state index in [0.717, 1.165) is 38.1 Å². The van der Waals surface area contributed by atoms with Crippen molar-refractivity contribution in [3.8, 4) is 5.75 Å². The van der Waals surface area contributed by atoms with E-state index in [4.69, 9.17) is 17.2 Å². The highest BCUT2D eigenvalue weighted by atomic mass is 33.1. The zero-order valence-corrected chi connectivity index (χ0v) is 41.7. The number of para-hydroxylation sites is 1. The molecule has 0 aliphatic carbocycles. The van der Waals surface area contributed by atoms with E-state index < -0.39 is 102 Å². The molecule has 21 nitrogen and oxygen atoms in total. The largest absolute Gasteiger partial charge is 0.508 e. The molecule has 0 unspecified atom stereocenters. The normalized spacial score (nSPS) is 22.2. The van der Waals surface area contributed by atoms with Crippen LogP contribution >= 0.6 is 21.6 Å². The maximum atomic E-state index is 14.7. The molecule has 2 heterocycles. The Labute approximate surface area is 424 Å². The first-order chi connectivity index (χ1) is 34.5. The van der Waals surface area contributed by atoms with E-state index in [0.29, 0.717) is 24.0 Å². The van der Waals surface area contributed by atoms with E-state index in [1.807, 2.05) is 30.3 Å². The SMILES string of the molecule is CC[C@@H]1NC(=O)[C@H](CCCCN)NC(=O)[C@@H](Cc2c[nH]c3ccccc23)NC(=O)[C@H](Cc2ccc(O)cc2)NC(=O)[C@H](NC(=O)[C@H](N)Cc2ccccc2)CSSC[C@@H](C(=O)N[C@H](C(N)=O)[C@@H](C)O)NC1=O. The zero-order valence-electron chi connectivity index (χ0n) is 40.1. The van der Waals surface area contributed by atoms with Gasteiger partial charge in [0.2, 0.25) is 47.3 Å². The van der Waals surface area contributed by atoms with Gasteiger partial charge < -0.3 is 69.6 Å². The molecule has 23 heteroatoms. The number of aromatic amines is 1. The number of aliphatic hydroxyl groups excluding tert-OH is 1. The number of phenols is 1. The van der Waals surface area contributed by atoms with Crippen molar-refractivity contribution in [3.05, 3.63) is 102 Å². The number of phenolic OH excluding ortho intramolecular Hbond substituents is 1. The Balaban J connectivity index is 1.57. The molecule has 1 saturated heterocycles. The molecule has 8 amide bonds. The minimum Gasteiger partial charge on any atom is -0.508 e. The molecule has 1 aliphatic rings. The Morgan fingerprint density at radius 1 is 0.736 bits per heavy atom. The summed E-state index contributed by atoms with van der Waals surface area (Å²) in [5.74, 6) is -7.01. The number of carbonyl (C=O) groups excluding carboxylic acids is 8. The van der Waals surface area contributed by atoms with Gasteiger partial charge in [-0.3, -0.25) is 38.4 Å². The summed E-state index contributed by atoms with van der Waals surface area (Å²) in [6.45, 7) is 3.15. The minimum absolute atomic E-state index is 0.0272. The number of aliphatic hydroxyl groups is 1. The van der Waals surface area contributed by atoms with Crippen LogP contribution in [0.4, 0.5) is 0 Å². The lowest BCUT2D eigenvalue weighted by atomic mass is 10.0. The number of nitrogens with two attached hydrogens (primary N) is 3. The molecule has 1 aromatic heterocycles. The third-order valence-electron chi connectivity index (χ3n) is 11.9. The van der Waals surface area contributed by atoms with Crippen LogP contribution in [-0.2, 0) is 57.6 Å². The number of hydrogen-bond donors (Lipinski definition) is 13. The van der Waals surface area contributed by atoms with Gasteiger partial charge in [0.15, 0.2) is 0 Å². The number of benzene rings is 3. The van der Waals surface area contributed by atoms with Gasteiger partial charge >= 0.3 is 0 Å². The van der Waals surface area contributed by atoms with Crippen molar-refractivity contribution >= 4 is 79.7 Å². The zero-order chi connectivity index (χ0) is 52.3. The van der Waals surface area contributed by atoms with Gasteiger partial charge in [-0.05, 0) is 80.5 Å². The van der Waals surface area contributed by atoms with Crippen molar-refractivity contribution in [3.63, 3.8) is 0 Å². The summed E-state index contributed by atoms with van der Waals surface area (Å²) in [5.41, 5.74) is 20.3. The summed E-state index contributed by atoms with van der Waals surface area (Å²) in [4.78, 5) is 115. The average molecular weight is 1030 g/mol. The van der Waals surface area contributed by atoms with Crippen LogP contribution in [0.3, 0.4) is 0 Å². The van der Waals surface area contributed by atoms with Crippen molar-refractivity contribution in [2.75, 3.05) is 18.1 Å². The number of primary amides is 1. The summed E-state index contributed by atoms with van der Waals surface area (Å²) in [6.07, 6.45) is 1.15. The first-order valence-electron chi connectivity index (χ1n) is 23.6. The van der Waals surface area contributed by atoms with Crippen LogP contribution in [0.15, 0.2) is 85.1 Å². The van der Waals surface area contributed by atoms with E-state index >= 15 is 0 Å². The van der Waals surface area contributed by atoms with Crippen molar-refractivity contribution in [1.29, 1.82) is 0 Å². The number of amides is 8. The average Bonchev–Trinajstić information content (AvgIpc) is 3.77. The summed E-state index contributed by atoms with van der Waals surface area (Å²) in [5, 5.41) is 39.8. The second kappa shape index (κ2) is 27.8. The second-order valence-electron chi connectivity index (χ2n) is 17.5. The molecule has 0 spiro atoms. The molecule has 5 rings (SSSR count). The lowest BCUT2D eigenvalue weighted by molar-refractivity contribution is -0.135. The predicted octanol–water partition coefficient (Wildman–Crippen LogP) is -0.578. The molecule has 1 fully saturated rings. The predicted molar refractivity (Wildman–Crippen MR) is 274 cm³/mol. The van der Waals surface area contributed by atoms with E-state index in [2.05, 4.69) is 42.2 Å². The number of H-pyrrole nitrogens is 1. The van der Waals surface area contributed by atoms with Crippen LogP contribution < -0.4 is 54.4 Å². The molecule has 72 heavy (non-hydrogen) atoms. The number of rotatable bonds is 17. The lowest BCUT2D eigenvalue weighted by Crippen LogP contribution is -2.61. The van der Waals surface area contributed by atoms with E-state index in [1.54, 1.807) is 49.5 Å². The molecule has 0 bridgehead atoms. The molecular weight excluding hydrogens is 967 g/mol. The second-order valence-corrected chi connectivity index (χ2v) is 20.0. The highest BCUT2D eigenvalue weighted by molar-refractivity contribution is 8.76. The van der Waals surface area contributed by atoms with Crippen LogP contribution in [-0.4, -0.2) is 135 Å². The number of nitrogens with one attached hydrogen (secondary N) is 8. The monoisotopic (exact) mass is 1030 g/mol. The quantitative estimate of drug-likeness (QED) is 0.0465. The topological polar surface area (TPSA) is 355 Å². The van der Waals surface area contributed by atoms with Crippen LogP contribution in [0.2, 0.25) is 0 Å². The minimum atomic E-state index is -1.54. The first-order valence-corrected chi connectivity index (χ1v) is 26.1. The smallest absolute Gasteiger partial charge is 0.244 e. The van der Waals surface area contributed by atoms with Gasteiger partial charge in [-0.1, -0.05) is 89.2 Å². The van der Waals surface area contributed by atoms with E-state index in [9.17, 15) is 48.6 Å². The van der Waals surface area contributed by atoms with Gasteiger partial charge in [0, 0.05) is 41.4 Å². The van der Waals surface area contributed by atoms with Crippen LogP contribution in [0, 0.1) is 0 Å². The Morgan fingerprint density at radius 3 is 2.00 bits per heavy atom. The summed E-state index contributed by atoms with van der Waals surface area (Å²) in [7, 11) is 2.03. The van der Waals surface area contributed by atoms with Crippen molar-refractivity contribution in [1.82, 2.24) is 42.2 Å². The first kappa shape index (κ1) is 56.3. The fourth-order valence-electron chi connectivity index (χ4n) is 7.80. The van der Waals surface area contributed by atoms with Gasteiger partial charge in [-0.25, -0.2) is 0 Å². The van der Waals surface area contributed by atoms with Gasteiger partial charge in [-0.2, -0.15) is 0 Å². The molecule has 4 aromatic rings. The Kier molecular flexibility index (Phi) is 21.7. The molecule has 0 radical (unpaired) electrons. The maximum absolute atomic E-state index is 14.7.